The van der Waals surface area contributed by atoms with Crippen molar-refractivity contribution in [1.82, 2.24) is 4.31 Å². The summed E-state index contributed by atoms with van der Waals surface area (Å²) in [4.78, 5) is 0.433. The second-order valence-corrected chi connectivity index (χ2v) is 7.15. The molecule has 2 unspecified atom stereocenters. The van der Waals surface area contributed by atoms with Crippen LogP contribution >= 0.6 is 0 Å². The second kappa shape index (κ2) is 4.89. The minimum atomic E-state index is -3.39. The number of sulfonamides is 1. The molecule has 0 radical (unpaired) electrons. The van der Waals surface area contributed by atoms with Crippen molar-refractivity contribution in [3.8, 4) is 0 Å². The molecule has 3 rings (SSSR count). The summed E-state index contributed by atoms with van der Waals surface area (Å²) in [6.45, 7) is 2.82. The number of benzene rings is 1. The van der Waals surface area contributed by atoms with Crippen molar-refractivity contribution in [1.29, 1.82) is 0 Å². The van der Waals surface area contributed by atoms with Crippen LogP contribution in [0.1, 0.15) is 24.8 Å². The third-order valence-corrected chi connectivity index (χ3v) is 6.20. The SMILES string of the molecule is Cc1ccccc1S(=O)(=O)N1CCOC2CCCC21. The first-order valence-corrected chi connectivity index (χ1v) is 8.24. The van der Waals surface area contributed by atoms with E-state index in [4.69, 9.17) is 4.74 Å². The lowest BCUT2D eigenvalue weighted by Gasteiger charge is -2.36. The molecular weight excluding hydrogens is 262 g/mol. The number of morpholine rings is 1. The van der Waals surface area contributed by atoms with Crippen molar-refractivity contribution >= 4 is 10.0 Å². The van der Waals surface area contributed by atoms with Gasteiger partial charge in [0.1, 0.15) is 0 Å². The molecule has 0 spiro atoms. The van der Waals surface area contributed by atoms with Gasteiger partial charge in [0.15, 0.2) is 0 Å². The van der Waals surface area contributed by atoms with Gasteiger partial charge in [0.2, 0.25) is 10.0 Å². The molecule has 2 fully saturated rings. The zero-order valence-electron chi connectivity index (χ0n) is 11.1. The van der Waals surface area contributed by atoms with E-state index < -0.39 is 10.0 Å². The van der Waals surface area contributed by atoms with E-state index in [-0.39, 0.29) is 12.1 Å². The van der Waals surface area contributed by atoms with Crippen LogP contribution < -0.4 is 0 Å². The fourth-order valence-corrected chi connectivity index (χ4v) is 5.05. The number of hydrogen-bond donors (Lipinski definition) is 0. The van der Waals surface area contributed by atoms with Crippen LogP contribution in [0.2, 0.25) is 0 Å². The largest absolute Gasteiger partial charge is 0.375 e. The van der Waals surface area contributed by atoms with Crippen LogP contribution in [0.5, 0.6) is 0 Å². The average Bonchev–Trinajstić information content (AvgIpc) is 2.86. The van der Waals surface area contributed by atoms with Crippen LogP contribution in [0.15, 0.2) is 29.2 Å². The van der Waals surface area contributed by atoms with Gasteiger partial charge >= 0.3 is 0 Å². The number of hydrogen-bond acceptors (Lipinski definition) is 3. The van der Waals surface area contributed by atoms with E-state index in [0.717, 1.165) is 24.8 Å². The lowest BCUT2D eigenvalue weighted by Crippen LogP contribution is -2.51. The van der Waals surface area contributed by atoms with Crippen LogP contribution in [0.25, 0.3) is 0 Å². The molecule has 1 aromatic rings. The number of ether oxygens (including phenoxy) is 1. The van der Waals surface area contributed by atoms with E-state index in [2.05, 4.69) is 0 Å². The molecule has 1 aromatic carbocycles. The molecular formula is C14H19NO3S. The van der Waals surface area contributed by atoms with Crippen LogP contribution in [-0.4, -0.2) is 38.0 Å². The van der Waals surface area contributed by atoms with Gasteiger partial charge in [-0.05, 0) is 37.8 Å². The van der Waals surface area contributed by atoms with Gasteiger partial charge in [0.05, 0.1) is 23.6 Å². The van der Waals surface area contributed by atoms with Crippen molar-refractivity contribution in [3.63, 3.8) is 0 Å². The number of rotatable bonds is 2. The molecule has 104 valence electrons. The molecule has 1 heterocycles. The Labute approximate surface area is 114 Å². The molecule has 2 aliphatic rings. The number of aryl methyl sites for hydroxylation is 1. The lowest BCUT2D eigenvalue weighted by atomic mass is 10.2. The summed E-state index contributed by atoms with van der Waals surface area (Å²) in [6, 6.07) is 7.22. The molecule has 0 bridgehead atoms. The van der Waals surface area contributed by atoms with Crippen LogP contribution in [-0.2, 0) is 14.8 Å². The predicted octanol–water partition coefficient (Wildman–Crippen LogP) is 1.94. The van der Waals surface area contributed by atoms with Gasteiger partial charge in [-0.2, -0.15) is 4.31 Å². The smallest absolute Gasteiger partial charge is 0.243 e. The van der Waals surface area contributed by atoms with E-state index >= 15 is 0 Å². The topological polar surface area (TPSA) is 46.6 Å². The average molecular weight is 281 g/mol. The van der Waals surface area contributed by atoms with Crippen molar-refractivity contribution < 1.29 is 13.2 Å². The first-order chi connectivity index (χ1) is 9.10. The van der Waals surface area contributed by atoms with E-state index in [1.54, 1.807) is 16.4 Å². The third kappa shape index (κ3) is 2.20. The zero-order valence-corrected chi connectivity index (χ0v) is 11.9. The Balaban J connectivity index is 1.98. The van der Waals surface area contributed by atoms with E-state index in [0.29, 0.717) is 18.0 Å². The van der Waals surface area contributed by atoms with Crippen molar-refractivity contribution in [2.24, 2.45) is 0 Å². The van der Waals surface area contributed by atoms with Gasteiger partial charge in [0.25, 0.3) is 0 Å². The Morgan fingerprint density at radius 3 is 2.84 bits per heavy atom. The molecule has 0 N–H and O–H groups in total. The van der Waals surface area contributed by atoms with Crippen LogP contribution in [0.4, 0.5) is 0 Å². The molecule has 2 atom stereocenters. The Hall–Kier alpha value is -0.910. The summed E-state index contributed by atoms with van der Waals surface area (Å²) < 4.78 is 33.0. The normalized spacial score (nSPS) is 28.3. The summed E-state index contributed by atoms with van der Waals surface area (Å²) in [5.41, 5.74) is 0.809. The molecule has 0 aromatic heterocycles. The summed E-state index contributed by atoms with van der Waals surface area (Å²) in [5.74, 6) is 0. The summed E-state index contributed by atoms with van der Waals surface area (Å²) in [6.07, 6.45) is 3.03. The van der Waals surface area contributed by atoms with Gasteiger partial charge in [-0.1, -0.05) is 18.2 Å². The van der Waals surface area contributed by atoms with E-state index in [1.165, 1.54) is 0 Å². The highest BCUT2D eigenvalue weighted by atomic mass is 32.2. The molecule has 1 aliphatic heterocycles. The van der Waals surface area contributed by atoms with Crippen LogP contribution in [0, 0.1) is 6.92 Å². The molecule has 5 heteroatoms. The highest BCUT2D eigenvalue weighted by Gasteiger charge is 2.42. The van der Waals surface area contributed by atoms with Gasteiger partial charge in [-0.25, -0.2) is 8.42 Å². The Bertz CT molecular complexity index is 570. The standard InChI is InChI=1S/C14H19NO3S/c1-11-5-2-3-8-14(11)19(16,17)15-9-10-18-13-7-4-6-12(13)15/h2-3,5,8,12-13H,4,6-7,9-10H2,1H3. The lowest BCUT2D eigenvalue weighted by molar-refractivity contribution is -0.0241. The molecule has 1 aliphatic carbocycles. The number of fused-ring (bicyclic) bond motifs is 1. The maximum atomic E-state index is 12.8. The second-order valence-electron chi connectivity index (χ2n) is 5.29. The van der Waals surface area contributed by atoms with Crippen LogP contribution in [0.3, 0.4) is 0 Å². The van der Waals surface area contributed by atoms with Gasteiger partial charge in [-0.15, -0.1) is 0 Å². The summed E-state index contributed by atoms with van der Waals surface area (Å²) in [7, 11) is -3.39. The van der Waals surface area contributed by atoms with Crippen molar-refractivity contribution in [2.75, 3.05) is 13.2 Å². The summed E-state index contributed by atoms with van der Waals surface area (Å²) in [5, 5.41) is 0. The van der Waals surface area contributed by atoms with Gasteiger partial charge in [-0.3, -0.25) is 0 Å². The van der Waals surface area contributed by atoms with Crippen molar-refractivity contribution in [2.45, 2.75) is 43.2 Å². The van der Waals surface area contributed by atoms with Crippen molar-refractivity contribution in [3.05, 3.63) is 29.8 Å². The third-order valence-electron chi connectivity index (χ3n) is 4.11. The molecule has 0 amide bonds. The fourth-order valence-electron chi connectivity index (χ4n) is 3.16. The first-order valence-electron chi connectivity index (χ1n) is 6.80. The molecule has 4 nitrogen and oxygen atoms in total. The minimum absolute atomic E-state index is 0.0263. The predicted molar refractivity (Wildman–Crippen MR) is 72.4 cm³/mol. The molecule has 1 saturated carbocycles. The van der Waals surface area contributed by atoms with Gasteiger partial charge in [0, 0.05) is 6.54 Å². The van der Waals surface area contributed by atoms with Gasteiger partial charge < -0.3 is 4.74 Å². The Morgan fingerprint density at radius 1 is 1.26 bits per heavy atom. The highest BCUT2D eigenvalue weighted by molar-refractivity contribution is 7.89. The Kier molecular flexibility index (Phi) is 3.37. The quantitative estimate of drug-likeness (QED) is 0.832. The monoisotopic (exact) mass is 281 g/mol. The molecule has 19 heavy (non-hydrogen) atoms. The maximum Gasteiger partial charge on any atom is 0.243 e. The van der Waals surface area contributed by atoms with E-state index in [1.807, 2.05) is 19.1 Å². The maximum absolute atomic E-state index is 12.8. The highest BCUT2D eigenvalue weighted by Crippen LogP contribution is 2.33. The molecule has 1 saturated heterocycles. The summed E-state index contributed by atoms with van der Waals surface area (Å²) >= 11 is 0. The Morgan fingerprint density at radius 2 is 2.05 bits per heavy atom. The fraction of sp³-hybridized carbons (Fsp3) is 0.571. The first kappa shape index (κ1) is 13.1. The number of nitrogens with zero attached hydrogens (tertiary/aromatic N) is 1. The van der Waals surface area contributed by atoms with E-state index in [9.17, 15) is 8.42 Å². The zero-order chi connectivity index (χ0) is 13.5. The minimum Gasteiger partial charge on any atom is -0.375 e.